The number of carbonyl (C=O) groups is 1. The number of aliphatic hydroxyl groups excluding tert-OH is 1. The third kappa shape index (κ3) is 5.15. The number of benzene rings is 1. The Hall–Kier alpha value is -1.79. The normalized spacial score (nSPS) is 10.5. The van der Waals surface area contributed by atoms with Gasteiger partial charge in [0.15, 0.2) is 11.6 Å². The summed E-state index contributed by atoms with van der Waals surface area (Å²) in [5.74, 6) is -2.36. The smallest absolute Gasteiger partial charge is 0.238 e. The Morgan fingerprint density at radius 1 is 1.42 bits per heavy atom. The van der Waals surface area contributed by atoms with E-state index < -0.39 is 11.6 Å². The maximum Gasteiger partial charge on any atom is 0.238 e. The van der Waals surface area contributed by atoms with Gasteiger partial charge in [0, 0.05) is 24.8 Å². The van der Waals surface area contributed by atoms with E-state index in [1.165, 1.54) is 6.07 Å². The highest BCUT2D eigenvalue weighted by Crippen LogP contribution is 2.12. The number of aliphatic hydroxyl groups is 1. The van der Waals surface area contributed by atoms with Crippen molar-refractivity contribution < 1.29 is 18.7 Å². The molecule has 4 nitrogen and oxygen atoms in total. The van der Waals surface area contributed by atoms with Gasteiger partial charge < -0.3 is 10.4 Å². The second-order valence-electron chi connectivity index (χ2n) is 3.92. The molecule has 104 valence electrons. The van der Waals surface area contributed by atoms with Gasteiger partial charge in [0.1, 0.15) is 0 Å². The average Bonchev–Trinajstić information content (AvgIpc) is 2.34. The third-order valence-corrected chi connectivity index (χ3v) is 2.37. The molecule has 0 atom stereocenters. The topological polar surface area (TPSA) is 52.6 Å². The maximum absolute atomic E-state index is 13.0. The fourth-order valence-electron chi connectivity index (χ4n) is 1.54. The first kappa shape index (κ1) is 15.3. The first-order valence-corrected chi connectivity index (χ1v) is 5.76. The van der Waals surface area contributed by atoms with Gasteiger partial charge in [-0.15, -0.1) is 6.58 Å². The zero-order valence-corrected chi connectivity index (χ0v) is 10.4. The van der Waals surface area contributed by atoms with Crippen LogP contribution in [0.25, 0.3) is 0 Å². The summed E-state index contributed by atoms with van der Waals surface area (Å²) in [6.45, 7) is 4.29. The highest BCUT2D eigenvalue weighted by molar-refractivity contribution is 5.92. The van der Waals surface area contributed by atoms with Gasteiger partial charge in [-0.1, -0.05) is 6.08 Å². The monoisotopic (exact) mass is 270 g/mol. The number of nitrogens with one attached hydrogen (secondary N) is 1. The van der Waals surface area contributed by atoms with Crippen molar-refractivity contribution in [3.05, 3.63) is 42.5 Å². The molecule has 0 aromatic heterocycles. The molecule has 0 saturated heterocycles. The first-order valence-electron chi connectivity index (χ1n) is 5.76. The van der Waals surface area contributed by atoms with Crippen LogP contribution in [0.4, 0.5) is 14.5 Å². The van der Waals surface area contributed by atoms with Crippen molar-refractivity contribution >= 4 is 11.6 Å². The molecule has 1 amide bonds. The van der Waals surface area contributed by atoms with Crippen LogP contribution in [0.3, 0.4) is 0 Å². The van der Waals surface area contributed by atoms with Gasteiger partial charge in [-0.25, -0.2) is 8.78 Å². The lowest BCUT2D eigenvalue weighted by Gasteiger charge is -2.18. The number of amides is 1. The summed E-state index contributed by atoms with van der Waals surface area (Å²) in [4.78, 5) is 13.4. The standard InChI is InChI=1S/C13H16F2N2O2/c1-2-5-17(6-7-18)9-13(19)16-10-3-4-11(14)12(15)8-10/h2-4,8,18H,1,5-7,9H2,(H,16,19). The second kappa shape index (κ2) is 7.60. The fourth-order valence-corrected chi connectivity index (χ4v) is 1.54. The summed E-state index contributed by atoms with van der Waals surface area (Å²) in [5.41, 5.74) is 0.187. The molecule has 0 heterocycles. The van der Waals surface area contributed by atoms with Crippen LogP contribution in [0.1, 0.15) is 0 Å². The Bertz CT molecular complexity index is 452. The zero-order valence-electron chi connectivity index (χ0n) is 10.4. The SMILES string of the molecule is C=CCN(CCO)CC(=O)Nc1ccc(F)c(F)c1. The molecule has 0 unspecified atom stereocenters. The van der Waals surface area contributed by atoms with E-state index in [9.17, 15) is 13.6 Å². The van der Waals surface area contributed by atoms with Crippen molar-refractivity contribution in [2.24, 2.45) is 0 Å². The van der Waals surface area contributed by atoms with Crippen LogP contribution in [0, 0.1) is 11.6 Å². The summed E-state index contributed by atoms with van der Waals surface area (Å²) in [7, 11) is 0. The van der Waals surface area contributed by atoms with E-state index in [2.05, 4.69) is 11.9 Å². The minimum atomic E-state index is -1.02. The number of hydrogen-bond acceptors (Lipinski definition) is 3. The fraction of sp³-hybridized carbons (Fsp3) is 0.308. The average molecular weight is 270 g/mol. The molecule has 0 aliphatic rings. The van der Waals surface area contributed by atoms with Gasteiger partial charge in [-0.2, -0.15) is 0 Å². The van der Waals surface area contributed by atoms with Crippen LogP contribution >= 0.6 is 0 Å². The van der Waals surface area contributed by atoms with Crippen molar-refractivity contribution in [2.75, 3.05) is 31.6 Å². The van der Waals surface area contributed by atoms with Crippen LogP contribution in [-0.2, 0) is 4.79 Å². The Morgan fingerprint density at radius 3 is 2.74 bits per heavy atom. The molecule has 1 aromatic rings. The predicted octanol–water partition coefficient (Wildman–Crippen LogP) is 1.38. The Kier molecular flexibility index (Phi) is 6.11. The largest absolute Gasteiger partial charge is 0.395 e. The summed E-state index contributed by atoms with van der Waals surface area (Å²) >= 11 is 0. The van der Waals surface area contributed by atoms with E-state index in [0.717, 1.165) is 12.1 Å². The molecule has 2 N–H and O–H groups in total. The lowest BCUT2D eigenvalue weighted by atomic mass is 10.3. The minimum Gasteiger partial charge on any atom is -0.395 e. The number of halogens is 2. The molecule has 0 spiro atoms. The maximum atomic E-state index is 13.0. The number of rotatable bonds is 7. The van der Waals surface area contributed by atoms with Crippen molar-refractivity contribution in [2.45, 2.75) is 0 Å². The molecule has 19 heavy (non-hydrogen) atoms. The Labute approximate surface area is 110 Å². The Balaban J connectivity index is 2.57. The van der Waals surface area contributed by atoms with Gasteiger partial charge in [-0.3, -0.25) is 9.69 Å². The first-order chi connectivity index (χ1) is 9.06. The minimum absolute atomic E-state index is 0.0333. The predicted molar refractivity (Wildman–Crippen MR) is 68.7 cm³/mol. The molecular weight excluding hydrogens is 254 g/mol. The molecule has 0 aliphatic carbocycles. The van der Waals surface area contributed by atoms with Crippen molar-refractivity contribution in [1.29, 1.82) is 0 Å². The number of carbonyl (C=O) groups excluding carboxylic acids is 1. The molecule has 1 rings (SSSR count). The van der Waals surface area contributed by atoms with Crippen LogP contribution < -0.4 is 5.32 Å². The van der Waals surface area contributed by atoms with Crippen molar-refractivity contribution in [1.82, 2.24) is 4.90 Å². The van der Waals surface area contributed by atoms with E-state index in [1.807, 2.05) is 0 Å². The van der Waals surface area contributed by atoms with Crippen LogP contribution in [0.15, 0.2) is 30.9 Å². The quantitative estimate of drug-likeness (QED) is 0.736. The summed E-state index contributed by atoms with van der Waals surface area (Å²) in [6, 6.07) is 3.14. The van der Waals surface area contributed by atoms with Crippen molar-refractivity contribution in [3.8, 4) is 0 Å². The van der Waals surface area contributed by atoms with Gasteiger partial charge in [0.25, 0.3) is 0 Å². The summed E-state index contributed by atoms with van der Waals surface area (Å²) in [5, 5.41) is 11.3. The highest BCUT2D eigenvalue weighted by atomic mass is 19.2. The Morgan fingerprint density at radius 2 is 2.16 bits per heavy atom. The van der Waals surface area contributed by atoms with E-state index in [-0.39, 0.29) is 24.7 Å². The summed E-state index contributed by atoms with van der Waals surface area (Å²) in [6.07, 6.45) is 1.61. The lowest BCUT2D eigenvalue weighted by Crippen LogP contribution is -2.35. The van der Waals surface area contributed by atoms with Gasteiger partial charge in [0.2, 0.25) is 5.91 Å². The van der Waals surface area contributed by atoms with Gasteiger partial charge in [-0.05, 0) is 12.1 Å². The zero-order chi connectivity index (χ0) is 14.3. The van der Waals surface area contributed by atoms with E-state index in [4.69, 9.17) is 5.11 Å². The molecule has 0 saturated carbocycles. The van der Waals surface area contributed by atoms with Gasteiger partial charge in [0.05, 0.1) is 13.2 Å². The molecule has 0 aliphatic heterocycles. The molecule has 6 heteroatoms. The van der Waals surface area contributed by atoms with E-state index >= 15 is 0 Å². The number of hydrogen-bond donors (Lipinski definition) is 2. The molecule has 1 aromatic carbocycles. The lowest BCUT2D eigenvalue weighted by molar-refractivity contribution is -0.117. The van der Waals surface area contributed by atoms with Crippen LogP contribution in [-0.4, -0.2) is 42.2 Å². The van der Waals surface area contributed by atoms with Gasteiger partial charge >= 0.3 is 0 Å². The van der Waals surface area contributed by atoms with E-state index in [1.54, 1.807) is 11.0 Å². The molecule has 0 fully saturated rings. The molecule has 0 radical (unpaired) electrons. The third-order valence-electron chi connectivity index (χ3n) is 2.37. The van der Waals surface area contributed by atoms with E-state index in [0.29, 0.717) is 13.1 Å². The van der Waals surface area contributed by atoms with Crippen LogP contribution in [0.5, 0.6) is 0 Å². The number of anilines is 1. The molecular formula is C13H16F2N2O2. The summed E-state index contributed by atoms with van der Waals surface area (Å²) < 4.78 is 25.7. The molecule has 0 bridgehead atoms. The van der Waals surface area contributed by atoms with Crippen LogP contribution in [0.2, 0.25) is 0 Å². The number of nitrogens with zero attached hydrogens (tertiary/aromatic N) is 1. The van der Waals surface area contributed by atoms with Crippen molar-refractivity contribution in [3.63, 3.8) is 0 Å². The highest BCUT2D eigenvalue weighted by Gasteiger charge is 2.10. The second-order valence-corrected chi connectivity index (χ2v) is 3.92.